The Balaban J connectivity index is 1.35. The number of hydrogen-bond acceptors (Lipinski definition) is 5. The van der Waals surface area contributed by atoms with E-state index in [2.05, 4.69) is 15.1 Å². The molecule has 4 rings (SSSR count). The van der Waals surface area contributed by atoms with Crippen LogP contribution in [0.1, 0.15) is 61.8 Å². The maximum Gasteiger partial charge on any atom is 0.230 e. The van der Waals surface area contributed by atoms with Crippen LogP contribution in [0, 0.1) is 0 Å². The number of aromatic hydroxyl groups is 1. The topological polar surface area (TPSA) is 62.4 Å². The normalized spacial score (nSPS) is 21.9. The molecule has 2 heterocycles. The first-order chi connectivity index (χ1) is 11.8. The summed E-state index contributed by atoms with van der Waals surface area (Å²) in [5.74, 6) is 2.47. The first-order valence-electron chi connectivity index (χ1n) is 9.12. The van der Waals surface area contributed by atoms with Gasteiger partial charge in [0.1, 0.15) is 5.75 Å². The molecule has 1 saturated heterocycles. The van der Waals surface area contributed by atoms with Gasteiger partial charge in [0.05, 0.1) is 6.54 Å². The SMILES string of the molecule is Oc1ccc(CC[C@@H]2CCCCN2Cc2nnc(C3CC3)o2)cc1. The minimum absolute atomic E-state index is 0.334. The summed E-state index contributed by atoms with van der Waals surface area (Å²) in [7, 11) is 0. The lowest BCUT2D eigenvalue weighted by atomic mass is 9.96. The highest BCUT2D eigenvalue weighted by molar-refractivity contribution is 5.25. The van der Waals surface area contributed by atoms with Gasteiger partial charge in [0.15, 0.2) is 0 Å². The Kier molecular flexibility index (Phi) is 4.52. The average Bonchev–Trinajstić information content (AvgIpc) is 3.35. The van der Waals surface area contributed by atoms with Crippen LogP contribution in [0.25, 0.3) is 0 Å². The number of likely N-dealkylation sites (tertiary alicyclic amines) is 1. The minimum Gasteiger partial charge on any atom is -0.508 e. The molecule has 2 aliphatic rings. The first-order valence-corrected chi connectivity index (χ1v) is 9.12. The number of phenols is 1. The molecule has 5 heteroatoms. The summed E-state index contributed by atoms with van der Waals surface area (Å²) in [5.41, 5.74) is 1.28. The standard InChI is InChI=1S/C19H25N3O2/c23-17-10-5-14(6-11-17)4-9-16-3-1-2-12-22(16)13-18-20-21-19(24-18)15-7-8-15/h5-6,10-11,15-16,23H,1-4,7-9,12-13H2/t16-/m0/s1. The van der Waals surface area contributed by atoms with Gasteiger partial charge in [0.25, 0.3) is 0 Å². The van der Waals surface area contributed by atoms with Crippen LogP contribution in [0.4, 0.5) is 0 Å². The smallest absolute Gasteiger partial charge is 0.230 e. The third kappa shape index (κ3) is 3.78. The molecular weight excluding hydrogens is 302 g/mol. The summed E-state index contributed by atoms with van der Waals surface area (Å²) < 4.78 is 5.84. The van der Waals surface area contributed by atoms with Crippen molar-refractivity contribution >= 4 is 0 Å². The van der Waals surface area contributed by atoms with Gasteiger partial charge >= 0.3 is 0 Å². The Morgan fingerprint density at radius 1 is 1.08 bits per heavy atom. The molecule has 1 N–H and O–H groups in total. The fourth-order valence-corrected chi connectivity index (χ4v) is 3.59. The second kappa shape index (κ2) is 6.93. The third-order valence-electron chi connectivity index (χ3n) is 5.20. The number of benzene rings is 1. The van der Waals surface area contributed by atoms with E-state index in [0.29, 0.717) is 17.7 Å². The van der Waals surface area contributed by atoms with Crippen LogP contribution in [0.3, 0.4) is 0 Å². The van der Waals surface area contributed by atoms with E-state index in [1.165, 1.54) is 37.7 Å². The molecule has 1 aromatic carbocycles. The quantitative estimate of drug-likeness (QED) is 0.877. The molecule has 2 fully saturated rings. The molecule has 128 valence electrons. The van der Waals surface area contributed by atoms with Crippen molar-refractivity contribution in [3.63, 3.8) is 0 Å². The van der Waals surface area contributed by atoms with E-state index in [1.807, 2.05) is 12.1 Å². The molecule has 0 spiro atoms. The molecule has 1 saturated carbocycles. The van der Waals surface area contributed by atoms with Crippen LogP contribution in [-0.2, 0) is 13.0 Å². The highest BCUT2D eigenvalue weighted by Crippen LogP contribution is 2.39. The zero-order valence-electron chi connectivity index (χ0n) is 14.0. The first kappa shape index (κ1) is 15.6. The van der Waals surface area contributed by atoms with E-state index < -0.39 is 0 Å². The molecule has 1 aliphatic heterocycles. The zero-order valence-corrected chi connectivity index (χ0v) is 14.0. The Bertz CT molecular complexity index is 664. The fraction of sp³-hybridized carbons (Fsp3) is 0.579. The van der Waals surface area contributed by atoms with Crippen LogP contribution in [-0.4, -0.2) is 32.8 Å². The molecular formula is C19H25N3O2. The maximum atomic E-state index is 9.39. The highest BCUT2D eigenvalue weighted by atomic mass is 16.4. The van der Waals surface area contributed by atoms with Crippen molar-refractivity contribution in [2.45, 2.75) is 63.5 Å². The van der Waals surface area contributed by atoms with Gasteiger partial charge in [-0.1, -0.05) is 18.6 Å². The molecule has 2 aromatic rings. The van der Waals surface area contributed by atoms with Gasteiger partial charge in [-0.15, -0.1) is 10.2 Å². The van der Waals surface area contributed by atoms with Crippen molar-refractivity contribution in [1.29, 1.82) is 0 Å². The molecule has 1 aliphatic carbocycles. The van der Waals surface area contributed by atoms with Crippen LogP contribution < -0.4 is 0 Å². The number of phenolic OH excluding ortho intramolecular Hbond substituents is 1. The van der Waals surface area contributed by atoms with Crippen molar-refractivity contribution < 1.29 is 9.52 Å². The number of rotatable bonds is 6. The van der Waals surface area contributed by atoms with Gasteiger partial charge in [0, 0.05) is 12.0 Å². The number of aryl methyl sites for hydroxylation is 1. The number of hydrogen-bond donors (Lipinski definition) is 1. The van der Waals surface area contributed by atoms with Gasteiger partial charge in [0.2, 0.25) is 11.8 Å². The summed E-state index contributed by atoms with van der Waals surface area (Å²) in [6.45, 7) is 1.89. The third-order valence-corrected chi connectivity index (χ3v) is 5.20. The van der Waals surface area contributed by atoms with E-state index in [1.54, 1.807) is 12.1 Å². The average molecular weight is 327 g/mol. The monoisotopic (exact) mass is 327 g/mol. The summed E-state index contributed by atoms with van der Waals surface area (Å²) in [4.78, 5) is 2.51. The molecule has 0 bridgehead atoms. The second-order valence-corrected chi connectivity index (χ2v) is 7.13. The number of nitrogens with zero attached hydrogens (tertiary/aromatic N) is 3. The Hall–Kier alpha value is -1.88. The predicted octanol–water partition coefficient (Wildman–Crippen LogP) is 3.64. The number of piperidine rings is 1. The van der Waals surface area contributed by atoms with Gasteiger partial charge in [-0.25, -0.2) is 0 Å². The van der Waals surface area contributed by atoms with Gasteiger partial charge < -0.3 is 9.52 Å². The molecule has 24 heavy (non-hydrogen) atoms. The lowest BCUT2D eigenvalue weighted by Crippen LogP contribution is -2.39. The van der Waals surface area contributed by atoms with Crippen molar-refractivity contribution in [2.75, 3.05) is 6.54 Å². The van der Waals surface area contributed by atoms with Crippen LogP contribution >= 0.6 is 0 Å². The minimum atomic E-state index is 0.334. The van der Waals surface area contributed by atoms with E-state index in [0.717, 1.165) is 37.7 Å². The predicted molar refractivity (Wildman–Crippen MR) is 90.7 cm³/mol. The van der Waals surface area contributed by atoms with Gasteiger partial charge in [-0.2, -0.15) is 0 Å². The summed E-state index contributed by atoms with van der Waals surface area (Å²) >= 11 is 0. The summed E-state index contributed by atoms with van der Waals surface area (Å²) in [6, 6.07) is 8.14. The lowest BCUT2D eigenvalue weighted by Gasteiger charge is -2.34. The second-order valence-electron chi connectivity index (χ2n) is 7.13. The Morgan fingerprint density at radius 2 is 1.92 bits per heavy atom. The largest absolute Gasteiger partial charge is 0.508 e. The lowest BCUT2D eigenvalue weighted by molar-refractivity contribution is 0.120. The van der Waals surface area contributed by atoms with Gasteiger partial charge in [-0.05, 0) is 62.8 Å². The van der Waals surface area contributed by atoms with Crippen LogP contribution in [0.2, 0.25) is 0 Å². The van der Waals surface area contributed by atoms with Crippen molar-refractivity contribution in [3.8, 4) is 5.75 Å². The fourth-order valence-electron chi connectivity index (χ4n) is 3.59. The van der Waals surface area contributed by atoms with Crippen LogP contribution in [0.15, 0.2) is 28.7 Å². The Labute approximate surface area is 142 Å². The van der Waals surface area contributed by atoms with Crippen LogP contribution in [0.5, 0.6) is 5.75 Å². The van der Waals surface area contributed by atoms with E-state index in [4.69, 9.17) is 4.42 Å². The summed E-state index contributed by atoms with van der Waals surface area (Å²) in [5, 5.41) is 17.8. The molecule has 1 aromatic heterocycles. The molecule has 0 unspecified atom stereocenters. The Morgan fingerprint density at radius 3 is 2.71 bits per heavy atom. The van der Waals surface area contributed by atoms with E-state index in [9.17, 15) is 5.11 Å². The zero-order chi connectivity index (χ0) is 16.4. The summed E-state index contributed by atoms with van der Waals surface area (Å²) in [6.07, 6.45) is 8.35. The molecule has 1 atom stereocenters. The molecule has 5 nitrogen and oxygen atoms in total. The maximum absolute atomic E-state index is 9.39. The molecule has 0 radical (unpaired) electrons. The molecule has 0 amide bonds. The number of aromatic nitrogens is 2. The van der Waals surface area contributed by atoms with Crippen molar-refractivity contribution in [2.24, 2.45) is 0 Å². The van der Waals surface area contributed by atoms with Crippen molar-refractivity contribution in [3.05, 3.63) is 41.6 Å². The van der Waals surface area contributed by atoms with E-state index in [-0.39, 0.29) is 0 Å². The van der Waals surface area contributed by atoms with Crippen molar-refractivity contribution in [1.82, 2.24) is 15.1 Å². The van der Waals surface area contributed by atoms with E-state index >= 15 is 0 Å². The highest BCUT2D eigenvalue weighted by Gasteiger charge is 2.30. The van der Waals surface area contributed by atoms with Gasteiger partial charge in [-0.3, -0.25) is 4.90 Å².